The van der Waals surface area contributed by atoms with Crippen LogP contribution < -0.4 is 20.1 Å². The first-order valence-electron chi connectivity index (χ1n) is 15.9. The maximum atomic E-state index is 15.0. The summed E-state index contributed by atoms with van der Waals surface area (Å²) in [6.07, 6.45) is 4.49. The third-order valence-corrected chi connectivity index (χ3v) is 9.74. The molecule has 3 aromatic carbocycles. The molecule has 0 radical (unpaired) electrons. The fourth-order valence-corrected chi connectivity index (χ4v) is 7.33. The highest BCUT2D eigenvalue weighted by Gasteiger charge is 2.54. The van der Waals surface area contributed by atoms with E-state index in [4.69, 9.17) is 32.7 Å². The van der Waals surface area contributed by atoms with Gasteiger partial charge in [-0.05, 0) is 100 Å². The predicted octanol–water partition coefficient (Wildman–Crippen LogP) is 6.71. The molecule has 3 aliphatic rings. The second kappa shape index (κ2) is 13.7. The summed E-state index contributed by atoms with van der Waals surface area (Å²) < 4.78 is 12.1. The Balaban J connectivity index is 1.43. The minimum Gasteiger partial charge on any atom is -0.494 e. The van der Waals surface area contributed by atoms with Gasteiger partial charge in [0.2, 0.25) is 0 Å². The lowest BCUT2D eigenvalue weighted by Crippen LogP contribution is -2.61. The maximum absolute atomic E-state index is 15.0. The molecule has 1 amide bonds. The van der Waals surface area contributed by atoms with E-state index in [2.05, 4.69) is 15.5 Å². The molecule has 0 bridgehead atoms. The fourth-order valence-electron chi connectivity index (χ4n) is 7.08. The number of ether oxygens (including phenoxy) is 2. The largest absolute Gasteiger partial charge is 0.494 e. The molecule has 0 saturated carbocycles. The van der Waals surface area contributed by atoms with Crippen LogP contribution in [0.25, 0.3) is 0 Å². The van der Waals surface area contributed by atoms with Gasteiger partial charge in [0.05, 0.1) is 25.3 Å². The minimum absolute atomic E-state index is 0.00193. The molecule has 2 atom stereocenters. The van der Waals surface area contributed by atoms with Crippen LogP contribution in [0.2, 0.25) is 10.0 Å². The summed E-state index contributed by atoms with van der Waals surface area (Å²) in [6.45, 7) is 8.66. The van der Waals surface area contributed by atoms with Crippen LogP contribution in [0.1, 0.15) is 68.3 Å². The van der Waals surface area contributed by atoms with Crippen LogP contribution in [-0.4, -0.2) is 61.1 Å². The van der Waals surface area contributed by atoms with Crippen LogP contribution in [0, 0.1) is 0 Å². The van der Waals surface area contributed by atoms with Gasteiger partial charge in [0.1, 0.15) is 11.5 Å². The summed E-state index contributed by atoms with van der Waals surface area (Å²) in [5.74, 6) is 1.32. The summed E-state index contributed by atoms with van der Waals surface area (Å²) in [5.41, 5.74) is 1.52. The van der Waals surface area contributed by atoms with Gasteiger partial charge in [0.15, 0.2) is 5.66 Å². The molecular formula is C35H42Cl2N4O3. The van der Waals surface area contributed by atoms with Crippen molar-refractivity contribution in [3.8, 4) is 11.5 Å². The Bertz CT molecular complexity index is 1370. The van der Waals surface area contributed by atoms with Crippen LogP contribution in [-0.2, 0) is 10.5 Å². The highest BCUT2D eigenvalue weighted by molar-refractivity contribution is 6.30. The van der Waals surface area contributed by atoms with E-state index in [1.807, 2.05) is 85.5 Å². The second-order valence-corrected chi connectivity index (χ2v) is 12.8. The number of hydrogen-bond acceptors (Lipinski definition) is 6. The molecule has 0 spiro atoms. The SMILES string of the molecule is CCOc1ccc(C2(C(=O)N3CCC(N4CCCC4)CC3)NC(c3ccc(Cl)cc3)C(c3ccc(Cl)cc3)N2)c(OCC)c1. The van der Waals surface area contributed by atoms with Gasteiger partial charge in [0, 0.05) is 40.8 Å². The van der Waals surface area contributed by atoms with E-state index >= 15 is 4.79 Å². The molecule has 6 rings (SSSR count). The molecule has 44 heavy (non-hydrogen) atoms. The van der Waals surface area contributed by atoms with Gasteiger partial charge in [-0.2, -0.15) is 0 Å². The molecule has 3 aliphatic heterocycles. The average Bonchev–Trinajstić information content (AvgIpc) is 3.72. The van der Waals surface area contributed by atoms with Gasteiger partial charge >= 0.3 is 0 Å². The lowest BCUT2D eigenvalue weighted by Gasteiger charge is -2.41. The van der Waals surface area contributed by atoms with Gasteiger partial charge in [0.25, 0.3) is 5.91 Å². The average molecular weight is 638 g/mol. The summed E-state index contributed by atoms with van der Waals surface area (Å²) in [6, 6.07) is 21.5. The summed E-state index contributed by atoms with van der Waals surface area (Å²) >= 11 is 12.6. The van der Waals surface area contributed by atoms with E-state index < -0.39 is 5.66 Å². The molecule has 2 unspecified atom stereocenters. The molecule has 7 nitrogen and oxygen atoms in total. The molecule has 2 N–H and O–H groups in total. The quantitative estimate of drug-likeness (QED) is 0.272. The zero-order chi connectivity index (χ0) is 30.7. The van der Waals surface area contributed by atoms with Crippen molar-refractivity contribution < 1.29 is 14.3 Å². The van der Waals surface area contributed by atoms with Crippen molar-refractivity contribution >= 4 is 29.1 Å². The smallest absolute Gasteiger partial charge is 0.262 e. The zero-order valence-corrected chi connectivity index (χ0v) is 27.0. The molecule has 0 aromatic heterocycles. The molecular weight excluding hydrogens is 595 g/mol. The molecule has 3 aromatic rings. The molecule has 0 aliphatic carbocycles. The van der Waals surface area contributed by atoms with Crippen molar-refractivity contribution in [2.45, 2.75) is 63.3 Å². The number of carbonyl (C=O) groups excluding carboxylic acids is 1. The fraction of sp³-hybridized carbons (Fsp3) is 0.457. The Morgan fingerprint density at radius 2 is 1.34 bits per heavy atom. The van der Waals surface area contributed by atoms with Crippen LogP contribution in [0.15, 0.2) is 66.7 Å². The normalized spacial score (nSPS) is 24.5. The lowest BCUT2D eigenvalue weighted by atomic mass is 9.94. The summed E-state index contributed by atoms with van der Waals surface area (Å²) in [5, 5.41) is 8.97. The topological polar surface area (TPSA) is 66.1 Å². The van der Waals surface area contributed by atoms with Gasteiger partial charge in [-0.1, -0.05) is 47.5 Å². The number of likely N-dealkylation sites (tertiary alicyclic amines) is 2. The van der Waals surface area contributed by atoms with E-state index in [0.717, 1.165) is 29.5 Å². The van der Waals surface area contributed by atoms with Gasteiger partial charge < -0.3 is 19.3 Å². The number of carbonyl (C=O) groups is 1. The van der Waals surface area contributed by atoms with Crippen molar-refractivity contribution in [3.05, 3.63) is 93.5 Å². The van der Waals surface area contributed by atoms with Crippen LogP contribution in [0.5, 0.6) is 11.5 Å². The molecule has 9 heteroatoms. The minimum atomic E-state index is -1.26. The van der Waals surface area contributed by atoms with Crippen molar-refractivity contribution in [1.29, 1.82) is 0 Å². The second-order valence-electron chi connectivity index (χ2n) is 11.9. The number of rotatable bonds is 9. The van der Waals surface area contributed by atoms with E-state index in [9.17, 15) is 0 Å². The molecule has 3 fully saturated rings. The molecule has 3 heterocycles. The summed E-state index contributed by atoms with van der Waals surface area (Å²) in [4.78, 5) is 19.7. The van der Waals surface area contributed by atoms with E-state index in [1.54, 1.807) is 0 Å². The number of nitrogens with one attached hydrogen (secondary N) is 2. The van der Waals surface area contributed by atoms with Gasteiger partial charge in [-0.25, -0.2) is 0 Å². The van der Waals surface area contributed by atoms with E-state index in [-0.39, 0.29) is 18.0 Å². The Labute approximate surface area is 270 Å². The molecule has 234 valence electrons. The lowest BCUT2D eigenvalue weighted by molar-refractivity contribution is -0.141. The molecule has 3 saturated heterocycles. The number of halogens is 2. The standard InChI is InChI=1S/C35H42Cl2N4O3/c1-3-43-29-15-16-30(31(23-29)44-4-2)35(34(42)41-21-17-28(18-22-41)40-19-5-6-20-40)38-32(24-7-11-26(36)12-8-24)33(39-35)25-9-13-27(37)14-10-25/h7-16,23,28,32-33,38-39H,3-6,17-22H2,1-2H3. The first-order valence-corrected chi connectivity index (χ1v) is 16.7. The Morgan fingerprint density at radius 3 is 1.86 bits per heavy atom. The van der Waals surface area contributed by atoms with Crippen LogP contribution >= 0.6 is 23.2 Å². The Morgan fingerprint density at radius 1 is 0.795 bits per heavy atom. The number of nitrogens with zero attached hydrogens (tertiary/aromatic N) is 2. The van der Waals surface area contributed by atoms with E-state index in [1.165, 1.54) is 25.9 Å². The Hall–Kier alpha value is -2.81. The van der Waals surface area contributed by atoms with Crippen molar-refractivity contribution in [2.24, 2.45) is 0 Å². The van der Waals surface area contributed by atoms with Gasteiger partial charge in [-0.15, -0.1) is 0 Å². The van der Waals surface area contributed by atoms with Crippen molar-refractivity contribution in [1.82, 2.24) is 20.4 Å². The first-order chi connectivity index (χ1) is 21.4. The third kappa shape index (κ3) is 6.31. The monoisotopic (exact) mass is 636 g/mol. The number of amides is 1. The van der Waals surface area contributed by atoms with E-state index in [0.29, 0.717) is 53.9 Å². The van der Waals surface area contributed by atoms with Gasteiger partial charge in [-0.3, -0.25) is 15.4 Å². The number of piperidine rings is 1. The first kappa shape index (κ1) is 31.2. The number of benzene rings is 3. The summed E-state index contributed by atoms with van der Waals surface area (Å²) in [7, 11) is 0. The van der Waals surface area contributed by atoms with Crippen molar-refractivity contribution in [2.75, 3.05) is 39.4 Å². The highest BCUT2D eigenvalue weighted by Crippen LogP contribution is 2.45. The maximum Gasteiger partial charge on any atom is 0.262 e. The predicted molar refractivity (Wildman–Crippen MR) is 176 cm³/mol. The van der Waals surface area contributed by atoms with Crippen LogP contribution in [0.3, 0.4) is 0 Å². The number of hydrogen-bond donors (Lipinski definition) is 2. The zero-order valence-electron chi connectivity index (χ0n) is 25.5. The highest BCUT2D eigenvalue weighted by atomic mass is 35.5. The third-order valence-electron chi connectivity index (χ3n) is 9.23. The van der Waals surface area contributed by atoms with Crippen molar-refractivity contribution in [3.63, 3.8) is 0 Å². The van der Waals surface area contributed by atoms with Crippen LogP contribution in [0.4, 0.5) is 0 Å². The Kier molecular flexibility index (Phi) is 9.69.